The SMILES string of the molecule is [2H]C([2H])([2H])N1C(C(=O)Nc2ccc(F)c(Cl)c2)CC(c2ncc(-c3cn(C([2H])([2H])[2H])cn3)s2)NS1(=O)=O. The lowest BCUT2D eigenvalue weighted by Crippen LogP contribution is -2.55. The van der Waals surface area contributed by atoms with E-state index in [1.165, 1.54) is 18.5 Å². The van der Waals surface area contributed by atoms with Crippen LogP contribution in [0.1, 0.15) is 25.7 Å². The predicted octanol–water partition coefficient (Wildman–Crippen LogP) is 2.55. The van der Waals surface area contributed by atoms with Gasteiger partial charge in [-0.15, -0.1) is 11.3 Å². The molecule has 1 amide bonds. The second-order valence-corrected chi connectivity index (χ2v) is 9.62. The topological polar surface area (TPSA) is 109 Å². The lowest BCUT2D eigenvalue weighted by atomic mass is 10.1. The number of anilines is 1. The molecule has 0 aliphatic carbocycles. The fourth-order valence-electron chi connectivity index (χ4n) is 2.95. The van der Waals surface area contributed by atoms with Crippen molar-refractivity contribution in [1.29, 1.82) is 0 Å². The number of aryl methyl sites for hydroxylation is 1. The molecule has 164 valence electrons. The Morgan fingerprint density at radius 2 is 2.26 bits per heavy atom. The van der Waals surface area contributed by atoms with E-state index in [4.69, 9.17) is 19.8 Å². The van der Waals surface area contributed by atoms with Crippen LogP contribution < -0.4 is 10.0 Å². The van der Waals surface area contributed by atoms with Crippen LogP contribution in [-0.4, -0.2) is 46.2 Å². The van der Waals surface area contributed by atoms with E-state index in [-0.39, 0.29) is 32.1 Å². The van der Waals surface area contributed by atoms with Crippen molar-refractivity contribution in [1.82, 2.24) is 23.6 Å². The average molecular weight is 491 g/mol. The molecule has 0 spiro atoms. The molecule has 2 aromatic heterocycles. The van der Waals surface area contributed by atoms with Crippen LogP contribution in [0.5, 0.6) is 0 Å². The molecule has 1 aliphatic heterocycles. The molecule has 0 radical (unpaired) electrons. The van der Waals surface area contributed by atoms with E-state index >= 15 is 0 Å². The zero-order valence-corrected chi connectivity index (χ0v) is 17.8. The van der Waals surface area contributed by atoms with E-state index in [0.717, 1.165) is 34.4 Å². The van der Waals surface area contributed by atoms with Crippen molar-refractivity contribution in [2.75, 3.05) is 12.3 Å². The molecule has 3 aromatic rings. The predicted molar refractivity (Wildman–Crippen MR) is 115 cm³/mol. The van der Waals surface area contributed by atoms with Crippen LogP contribution >= 0.6 is 22.9 Å². The number of likely N-dealkylation sites (N-methyl/N-ethyl adjacent to an activating group) is 1. The summed E-state index contributed by atoms with van der Waals surface area (Å²) in [5.41, 5.74) is 0.320. The lowest BCUT2D eigenvalue weighted by Gasteiger charge is -2.35. The van der Waals surface area contributed by atoms with Crippen molar-refractivity contribution in [3.8, 4) is 10.6 Å². The Hall–Kier alpha value is -2.38. The number of rotatable bonds is 4. The number of nitrogens with zero attached hydrogens (tertiary/aromatic N) is 4. The van der Waals surface area contributed by atoms with E-state index in [1.54, 1.807) is 0 Å². The van der Waals surface area contributed by atoms with Crippen LogP contribution in [0.25, 0.3) is 10.6 Å². The van der Waals surface area contributed by atoms with Crippen molar-refractivity contribution < 1.29 is 25.8 Å². The van der Waals surface area contributed by atoms with Crippen molar-refractivity contribution in [3.63, 3.8) is 0 Å². The van der Waals surface area contributed by atoms with Gasteiger partial charge in [-0.2, -0.15) is 17.4 Å². The van der Waals surface area contributed by atoms with Gasteiger partial charge in [0.15, 0.2) is 0 Å². The number of thiazole rings is 1. The molecule has 0 bridgehead atoms. The summed E-state index contributed by atoms with van der Waals surface area (Å²) in [6.07, 6.45) is 3.47. The normalized spacial score (nSPS) is 24.8. The minimum Gasteiger partial charge on any atom is -0.340 e. The number of carbonyl (C=O) groups is 1. The maximum Gasteiger partial charge on any atom is 0.280 e. The third-order valence-electron chi connectivity index (χ3n) is 4.44. The smallest absolute Gasteiger partial charge is 0.280 e. The highest BCUT2D eigenvalue weighted by molar-refractivity contribution is 7.87. The summed E-state index contributed by atoms with van der Waals surface area (Å²) < 4.78 is 88.2. The number of amides is 1. The molecule has 2 atom stereocenters. The van der Waals surface area contributed by atoms with Crippen LogP contribution in [0.3, 0.4) is 0 Å². The van der Waals surface area contributed by atoms with Crippen LogP contribution in [-0.2, 0) is 22.0 Å². The molecule has 2 N–H and O–H groups in total. The van der Waals surface area contributed by atoms with Gasteiger partial charge in [0.05, 0.1) is 28.0 Å². The fourth-order valence-corrected chi connectivity index (χ4v) is 5.35. The Balaban J connectivity index is 1.64. The van der Waals surface area contributed by atoms with Crippen molar-refractivity contribution in [2.45, 2.75) is 18.5 Å². The molecule has 31 heavy (non-hydrogen) atoms. The van der Waals surface area contributed by atoms with Crippen molar-refractivity contribution >= 4 is 44.7 Å². The molecule has 1 fully saturated rings. The van der Waals surface area contributed by atoms with Crippen molar-refractivity contribution in [2.24, 2.45) is 6.98 Å². The largest absolute Gasteiger partial charge is 0.340 e. The summed E-state index contributed by atoms with van der Waals surface area (Å²) in [7, 11) is -4.70. The number of imidazole rings is 1. The van der Waals surface area contributed by atoms with Gasteiger partial charge in [-0.05, 0) is 24.6 Å². The van der Waals surface area contributed by atoms with Gasteiger partial charge in [0.1, 0.15) is 16.9 Å². The first kappa shape index (κ1) is 15.4. The molecule has 2 unspecified atom stereocenters. The van der Waals surface area contributed by atoms with E-state index in [9.17, 15) is 17.6 Å². The third kappa shape index (κ3) is 4.48. The fraction of sp³-hybridized carbons (Fsp3) is 0.278. The van der Waals surface area contributed by atoms with Crippen LogP contribution in [0.4, 0.5) is 10.1 Å². The molecular formula is C18H18ClFN6O3S2. The zero-order valence-electron chi connectivity index (χ0n) is 21.4. The lowest BCUT2D eigenvalue weighted by molar-refractivity contribution is -0.120. The van der Waals surface area contributed by atoms with Gasteiger partial charge in [-0.25, -0.2) is 14.4 Å². The first-order valence-corrected chi connectivity index (χ1v) is 11.3. The van der Waals surface area contributed by atoms with Gasteiger partial charge in [-0.1, -0.05) is 11.6 Å². The summed E-state index contributed by atoms with van der Waals surface area (Å²) in [6.45, 7) is -5.64. The quantitative estimate of drug-likeness (QED) is 0.584. The number of benzene rings is 1. The Morgan fingerprint density at radius 3 is 2.97 bits per heavy atom. The molecule has 3 heterocycles. The summed E-state index contributed by atoms with van der Waals surface area (Å²) in [6, 6.07) is 0.519. The zero-order chi connectivity index (χ0) is 27.3. The Labute approximate surface area is 195 Å². The molecular weight excluding hydrogens is 467 g/mol. The van der Waals surface area contributed by atoms with Gasteiger partial charge < -0.3 is 9.88 Å². The number of hydrogen-bond acceptors (Lipinski definition) is 6. The molecule has 1 saturated heterocycles. The first-order chi connectivity index (χ1) is 17.1. The van der Waals surface area contributed by atoms with Crippen LogP contribution in [0.15, 0.2) is 36.9 Å². The number of carbonyl (C=O) groups excluding carboxylic acids is 1. The van der Waals surface area contributed by atoms with Crippen LogP contribution in [0, 0.1) is 5.82 Å². The molecule has 1 aromatic carbocycles. The molecule has 4 rings (SSSR count). The van der Waals surface area contributed by atoms with E-state index in [2.05, 4.69) is 20.0 Å². The highest BCUT2D eigenvalue weighted by Gasteiger charge is 2.41. The maximum absolute atomic E-state index is 13.5. The highest BCUT2D eigenvalue weighted by Crippen LogP contribution is 2.34. The Morgan fingerprint density at radius 1 is 1.42 bits per heavy atom. The minimum atomic E-state index is -4.70. The molecule has 13 heteroatoms. The Kier molecular flexibility index (Phi) is 4.12. The summed E-state index contributed by atoms with van der Waals surface area (Å²) in [4.78, 5) is 21.8. The maximum atomic E-state index is 13.5. The second-order valence-electron chi connectivity index (χ2n) is 6.57. The number of hydrogen-bond donors (Lipinski definition) is 2. The van der Waals surface area contributed by atoms with Crippen LogP contribution in [0.2, 0.25) is 5.02 Å². The summed E-state index contributed by atoms with van der Waals surface area (Å²) in [5, 5.41) is 2.29. The van der Waals surface area contributed by atoms with Gasteiger partial charge in [0, 0.05) is 40.3 Å². The number of nitrogens with one attached hydrogen (secondary N) is 2. The Bertz CT molecular complexity index is 1440. The highest BCUT2D eigenvalue weighted by atomic mass is 35.5. The minimum absolute atomic E-state index is 0.0377. The second kappa shape index (κ2) is 8.28. The van der Waals surface area contributed by atoms with Crippen molar-refractivity contribution in [3.05, 3.63) is 52.8 Å². The number of halogens is 2. The number of aromatic nitrogens is 3. The van der Waals surface area contributed by atoms with Gasteiger partial charge in [0.25, 0.3) is 10.2 Å². The first-order valence-electron chi connectivity index (χ1n) is 11.6. The van der Waals surface area contributed by atoms with Gasteiger partial charge in [-0.3, -0.25) is 4.79 Å². The summed E-state index contributed by atoms with van der Waals surface area (Å²) >= 11 is 6.73. The molecule has 0 saturated carbocycles. The van der Waals surface area contributed by atoms with E-state index in [1.807, 2.05) is 0 Å². The van der Waals surface area contributed by atoms with Gasteiger partial charge >= 0.3 is 0 Å². The summed E-state index contributed by atoms with van der Waals surface area (Å²) in [5.74, 6) is -1.71. The van der Waals surface area contributed by atoms with E-state index in [0.29, 0.717) is 4.88 Å². The standard InChI is InChI=1S/C18H18ClFN6O3S2/c1-25-8-14(22-9-25)16-7-21-18(30-16)13-6-15(26(2)31(28,29)24-13)17(27)23-10-3-4-12(20)11(19)5-10/h3-5,7-9,13,15,24H,6H2,1-2H3,(H,23,27)/i1D3,2D3. The molecule has 1 aliphatic rings. The third-order valence-corrected chi connectivity index (χ3v) is 7.22. The van der Waals surface area contributed by atoms with Gasteiger partial charge in [0.2, 0.25) is 5.91 Å². The molecule has 9 nitrogen and oxygen atoms in total. The average Bonchev–Trinajstić information content (AvgIpc) is 3.43. The van der Waals surface area contributed by atoms with E-state index < -0.39 is 48.0 Å². The monoisotopic (exact) mass is 490 g/mol.